The SMILES string of the molecule is Clc1ccc(-n2cc(-c3nc4c(cnn4Cc4cccnc4)[nH]3)cn2)cc1. The predicted molar refractivity (Wildman–Crippen MR) is 103 cm³/mol. The molecule has 0 aliphatic heterocycles. The van der Waals surface area contributed by atoms with Crippen LogP contribution in [-0.4, -0.2) is 34.5 Å². The Morgan fingerprint density at radius 3 is 2.70 bits per heavy atom. The van der Waals surface area contributed by atoms with Crippen LogP contribution in [0.2, 0.25) is 5.02 Å². The van der Waals surface area contributed by atoms with Gasteiger partial charge in [0.15, 0.2) is 5.65 Å². The topological polar surface area (TPSA) is 77.2 Å². The molecule has 7 nitrogen and oxygen atoms in total. The second-order valence-corrected chi connectivity index (χ2v) is 6.57. The van der Waals surface area contributed by atoms with E-state index in [0.717, 1.165) is 33.8 Å². The third kappa shape index (κ3) is 2.98. The quantitative estimate of drug-likeness (QED) is 0.519. The zero-order valence-electron chi connectivity index (χ0n) is 14.1. The summed E-state index contributed by atoms with van der Waals surface area (Å²) in [5.41, 5.74) is 4.59. The molecule has 1 N–H and O–H groups in total. The van der Waals surface area contributed by atoms with E-state index in [2.05, 4.69) is 20.2 Å². The molecule has 0 aliphatic carbocycles. The summed E-state index contributed by atoms with van der Waals surface area (Å²) < 4.78 is 3.65. The normalized spacial score (nSPS) is 11.3. The molecule has 0 atom stereocenters. The molecule has 0 bridgehead atoms. The molecule has 4 aromatic heterocycles. The summed E-state index contributed by atoms with van der Waals surface area (Å²) >= 11 is 5.95. The van der Waals surface area contributed by atoms with Crippen LogP contribution < -0.4 is 0 Å². The number of hydrogen-bond donors (Lipinski definition) is 1. The van der Waals surface area contributed by atoms with Crippen molar-refractivity contribution in [2.75, 3.05) is 0 Å². The minimum absolute atomic E-state index is 0.617. The van der Waals surface area contributed by atoms with Gasteiger partial charge in [0.2, 0.25) is 0 Å². The summed E-state index contributed by atoms with van der Waals surface area (Å²) in [5.74, 6) is 0.752. The number of benzene rings is 1. The standard InChI is InChI=1S/C19H14ClN7/c20-15-3-5-16(6-4-15)26-12-14(9-22-26)18-24-17-10-23-27(19(17)25-18)11-13-2-1-7-21-8-13/h1-10,12H,11H2,(H,24,25). The maximum Gasteiger partial charge on any atom is 0.177 e. The summed E-state index contributed by atoms with van der Waals surface area (Å²) in [6, 6.07) is 11.5. The van der Waals surface area contributed by atoms with Crippen LogP contribution in [0.3, 0.4) is 0 Å². The van der Waals surface area contributed by atoms with Gasteiger partial charge in [0.1, 0.15) is 11.3 Å². The molecule has 4 heterocycles. The first-order chi connectivity index (χ1) is 13.3. The molecule has 132 valence electrons. The molecule has 0 radical (unpaired) electrons. The summed E-state index contributed by atoms with van der Waals surface area (Å²) in [4.78, 5) is 12.2. The number of H-pyrrole nitrogens is 1. The number of pyridine rings is 1. The lowest BCUT2D eigenvalue weighted by atomic mass is 10.3. The molecule has 0 saturated heterocycles. The largest absolute Gasteiger partial charge is 0.335 e. The van der Waals surface area contributed by atoms with Crippen molar-refractivity contribution in [1.82, 2.24) is 34.5 Å². The van der Waals surface area contributed by atoms with Gasteiger partial charge in [0.05, 0.1) is 30.2 Å². The Labute approximate surface area is 159 Å². The van der Waals surface area contributed by atoms with Crippen molar-refractivity contribution in [2.24, 2.45) is 0 Å². The van der Waals surface area contributed by atoms with E-state index in [1.54, 1.807) is 23.3 Å². The van der Waals surface area contributed by atoms with E-state index < -0.39 is 0 Å². The second kappa shape index (κ2) is 6.37. The Morgan fingerprint density at radius 1 is 1.00 bits per heavy atom. The van der Waals surface area contributed by atoms with Gasteiger partial charge < -0.3 is 4.98 Å². The van der Waals surface area contributed by atoms with Crippen LogP contribution in [0.15, 0.2) is 67.4 Å². The number of fused-ring (bicyclic) bond motifs is 1. The molecule has 0 spiro atoms. The van der Waals surface area contributed by atoms with Crippen molar-refractivity contribution < 1.29 is 0 Å². The van der Waals surface area contributed by atoms with E-state index in [9.17, 15) is 0 Å². The molecule has 0 saturated carbocycles. The summed E-state index contributed by atoms with van der Waals surface area (Å²) in [7, 11) is 0. The maximum atomic E-state index is 5.95. The third-order valence-corrected chi connectivity index (χ3v) is 4.54. The number of aromatic amines is 1. The molecular formula is C19H14ClN7. The Hall–Kier alpha value is -3.45. The molecule has 5 aromatic rings. The van der Waals surface area contributed by atoms with E-state index >= 15 is 0 Å². The van der Waals surface area contributed by atoms with Crippen LogP contribution >= 0.6 is 11.6 Å². The third-order valence-electron chi connectivity index (χ3n) is 4.28. The highest BCUT2D eigenvalue weighted by molar-refractivity contribution is 6.30. The molecule has 0 unspecified atom stereocenters. The highest BCUT2D eigenvalue weighted by atomic mass is 35.5. The van der Waals surface area contributed by atoms with Crippen molar-refractivity contribution in [3.8, 4) is 17.1 Å². The average molecular weight is 376 g/mol. The van der Waals surface area contributed by atoms with Crippen molar-refractivity contribution in [1.29, 1.82) is 0 Å². The smallest absolute Gasteiger partial charge is 0.177 e. The fourth-order valence-corrected chi connectivity index (χ4v) is 3.07. The van der Waals surface area contributed by atoms with Gasteiger partial charge in [-0.25, -0.2) is 14.3 Å². The Bertz CT molecular complexity index is 1200. The molecule has 0 aliphatic rings. The van der Waals surface area contributed by atoms with Crippen LogP contribution in [0.5, 0.6) is 0 Å². The minimum Gasteiger partial charge on any atom is -0.335 e. The van der Waals surface area contributed by atoms with E-state index in [1.165, 1.54) is 0 Å². The molecule has 5 rings (SSSR count). The lowest BCUT2D eigenvalue weighted by Gasteiger charge is -2.01. The van der Waals surface area contributed by atoms with Crippen molar-refractivity contribution in [3.05, 3.63) is 78.0 Å². The maximum absolute atomic E-state index is 5.95. The zero-order valence-corrected chi connectivity index (χ0v) is 14.9. The molecule has 27 heavy (non-hydrogen) atoms. The molecule has 0 fully saturated rings. The van der Waals surface area contributed by atoms with Gasteiger partial charge in [-0.15, -0.1) is 0 Å². The van der Waals surface area contributed by atoms with Gasteiger partial charge in [0.25, 0.3) is 0 Å². The van der Waals surface area contributed by atoms with E-state index in [1.807, 2.05) is 53.5 Å². The monoisotopic (exact) mass is 375 g/mol. The van der Waals surface area contributed by atoms with Crippen LogP contribution in [0, 0.1) is 0 Å². The fraction of sp³-hybridized carbons (Fsp3) is 0.0526. The summed E-state index contributed by atoms with van der Waals surface area (Å²) in [5, 5.41) is 9.52. The van der Waals surface area contributed by atoms with Gasteiger partial charge in [-0.05, 0) is 35.9 Å². The van der Waals surface area contributed by atoms with Gasteiger partial charge in [0, 0.05) is 23.6 Å². The van der Waals surface area contributed by atoms with Crippen LogP contribution in [0.25, 0.3) is 28.2 Å². The van der Waals surface area contributed by atoms with Gasteiger partial charge >= 0.3 is 0 Å². The Balaban J connectivity index is 1.47. The summed E-state index contributed by atoms with van der Waals surface area (Å²) in [6.07, 6.45) is 9.08. The number of nitrogens with zero attached hydrogens (tertiary/aromatic N) is 6. The number of hydrogen-bond acceptors (Lipinski definition) is 4. The van der Waals surface area contributed by atoms with Gasteiger partial charge in [-0.3, -0.25) is 4.98 Å². The first-order valence-corrected chi connectivity index (χ1v) is 8.75. The van der Waals surface area contributed by atoms with Crippen LogP contribution in [-0.2, 0) is 6.54 Å². The van der Waals surface area contributed by atoms with Crippen LogP contribution in [0.4, 0.5) is 0 Å². The number of halogens is 1. The van der Waals surface area contributed by atoms with Crippen molar-refractivity contribution >= 4 is 22.8 Å². The first kappa shape index (κ1) is 15.8. The molecular weight excluding hydrogens is 362 g/mol. The summed E-state index contributed by atoms with van der Waals surface area (Å²) in [6.45, 7) is 0.617. The Kier molecular flexibility index (Phi) is 3.72. The molecule has 1 aromatic carbocycles. The second-order valence-electron chi connectivity index (χ2n) is 6.14. The molecule has 0 amide bonds. The van der Waals surface area contributed by atoms with Crippen molar-refractivity contribution in [3.63, 3.8) is 0 Å². The fourth-order valence-electron chi connectivity index (χ4n) is 2.94. The van der Waals surface area contributed by atoms with E-state index in [-0.39, 0.29) is 0 Å². The van der Waals surface area contributed by atoms with Gasteiger partial charge in [-0.1, -0.05) is 17.7 Å². The number of imidazole rings is 1. The Morgan fingerprint density at radius 2 is 1.89 bits per heavy atom. The zero-order chi connectivity index (χ0) is 18.2. The predicted octanol–water partition coefficient (Wildman–Crippen LogP) is 3.71. The minimum atomic E-state index is 0.617. The van der Waals surface area contributed by atoms with E-state index in [4.69, 9.17) is 16.6 Å². The lowest BCUT2D eigenvalue weighted by Crippen LogP contribution is -2.02. The van der Waals surface area contributed by atoms with Crippen LogP contribution in [0.1, 0.15) is 5.56 Å². The highest BCUT2D eigenvalue weighted by Gasteiger charge is 2.13. The van der Waals surface area contributed by atoms with Crippen molar-refractivity contribution in [2.45, 2.75) is 6.54 Å². The number of aromatic nitrogens is 7. The van der Waals surface area contributed by atoms with Gasteiger partial charge in [-0.2, -0.15) is 10.2 Å². The highest BCUT2D eigenvalue weighted by Crippen LogP contribution is 2.22. The molecule has 8 heteroatoms. The first-order valence-electron chi connectivity index (χ1n) is 8.38. The lowest BCUT2D eigenvalue weighted by molar-refractivity contribution is 0.702. The number of rotatable bonds is 4. The number of nitrogens with one attached hydrogen (secondary N) is 1. The van der Waals surface area contributed by atoms with E-state index in [0.29, 0.717) is 11.6 Å². The average Bonchev–Trinajstić information content (AvgIpc) is 3.40.